The lowest BCUT2D eigenvalue weighted by atomic mass is 10.1. The van der Waals surface area contributed by atoms with Gasteiger partial charge in [-0.15, -0.1) is 11.3 Å². The van der Waals surface area contributed by atoms with Gasteiger partial charge < -0.3 is 10.8 Å². The van der Waals surface area contributed by atoms with Gasteiger partial charge in [-0.2, -0.15) is 0 Å². The van der Waals surface area contributed by atoms with Gasteiger partial charge in [0.25, 0.3) is 0 Å². The van der Waals surface area contributed by atoms with Crippen molar-refractivity contribution in [3.05, 3.63) is 24.7 Å². The number of allylic oxidation sites excluding steroid dienone is 1. The molecule has 104 valence electrons. The van der Waals surface area contributed by atoms with E-state index in [0.29, 0.717) is 15.9 Å². The number of aromatic nitrogens is 1. The molecule has 1 heterocycles. The summed E-state index contributed by atoms with van der Waals surface area (Å²) in [5.41, 5.74) is 7.06. The maximum atomic E-state index is 10.4. The van der Waals surface area contributed by atoms with Crippen LogP contribution in [0.2, 0.25) is 0 Å². The number of aliphatic hydroxyl groups is 1. The standard InChI is InChI=1S/C12H15Br2N3OS/c1-6(15)8(5-16-4-7-2-3-7)9(18)10-11(13)17-12(14)19-10/h5,7,9,18H,2-4,15H2,1H3. The zero-order chi connectivity index (χ0) is 14.0. The van der Waals surface area contributed by atoms with Crippen LogP contribution in [0.3, 0.4) is 0 Å². The highest BCUT2D eigenvalue weighted by Crippen LogP contribution is 2.35. The van der Waals surface area contributed by atoms with Gasteiger partial charge in [-0.05, 0) is 57.5 Å². The maximum absolute atomic E-state index is 10.4. The predicted octanol–water partition coefficient (Wildman–Crippen LogP) is 3.42. The fourth-order valence-corrected chi connectivity index (χ4v) is 3.97. The number of halogens is 2. The molecule has 0 aromatic carbocycles. The van der Waals surface area contributed by atoms with E-state index in [0.717, 1.165) is 21.3 Å². The normalized spacial score (nSPS) is 18.7. The number of nitrogens with zero attached hydrogens (tertiary/aromatic N) is 2. The van der Waals surface area contributed by atoms with Gasteiger partial charge in [0.15, 0.2) is 3.92 Å². The maximum Gasteiger partial charge on any atom is 0.160 e. The van der Waals surface area contributed by atoms with E-state index in [9.17, 15) is 5.11 Å². The molecular weight excluding hydrogens is 394 g/mol. The molecule has 1 aliphatic carbocycles. The highest BCUT2D eigenvalue weighted by molar-refractivity contribution is 9.11. The molecule has 0 amide bonds. The summed E-state index contributed by atoms with van der Waals surface area (Å²) in [5.74, 6) is 0.719. The largest absolute Gasteiger partial charge is 0.402 e. The third-order valence-electron chi connectivity index (χ3n) is 2.87. The summed E-state index contributed by atoms with van der Waals surface area (Å²) in [6, 6.07) is 0. The topological polar surface area (TPSA) is 71.5 Å². The SMILES string of the molecule is CC(N)=C(C=NCC1CC1)C(O)c1sc(Br)nc1Br. The second kappa shape index (κ2) is 6.47. The van der Waals surface area contributed by atoms with Crippen LogP contribution in [0.5, 0.6) is 0 Å². The van der Waals surface area contributed by atoms with Crippen LogP contribution in [0, 0.1) is 5.92 Å². The van der Waals surface area contributed by atoms with E-state index in [1.165, 1.54) is 24.2 Å². The molecule has 1 atom stereocenters. The second-order valence-electron chi connectivity index (χ2n) is 4.60. The molecule has 4 nitrogen and oxygen atoms in total. The van der Waals surface area contributed by atoms with E-state index < -0.39 is 6.10 Å². The summed E-state index contributed by atoms with van der Waals surface area (Å²) in [6.07, 6.45) is 3.41. The molecule has 19 heavy (non-hydrogen) atoms. The number of hydrogen-bond acceptors (Lipinski definition) is 5. The van der Waals surface area contributed by atoms with E-state index in [1.807, 2.05) is 0 Å². The van der Waals surface area contributed by atoms with E-state index in [1.54, 1.807) is 13.1 Å². The molecule has 3 N–H and O–H groups in total. The fraction of sp³-hybridized carbons (Fsp3) is 0.500. The van der Waals surface area contributed by atoms with Crippen LogP contribution in [0.4, 0.5) is 0 Å². The van der Waals surface area contributed by atoms with Crippen molar-refractivity contribution >= 4 is 49.4 Å². The lowest BCUT2D eigenvalue weighted by Crippen LogP contribution is -2.09. The van der Waals surface area contributed by atoms with Crippen molar-refractivity contribution in [3.63, 3.8) is 0 Å². The van der Waals surface area contributed by atoms with E-state index in [4.69, 9.17) is 5.73 Å². The minimum atomic E-state index is -0.800. The number of rotatable bonds is 5. The van der Waals surface area contributed by atoms with Crippen molar-refractivity contribution in [2.45, 2.75) is 25.9 Å². The van der Waals surface area contributed by atoms with Gasteiger partial charge in [0.2, 0.25) is 0 Å². The van der Waals surface area contributed by atoms with Gasteiger partial charge >= 0.3 is 0 Å². The Hall–Kier alpha value is -0.240. The summed E-state index contributed by atoms with van der Waals surface area (Å²) < 4.78 is 1.35. The number of nitrogens with two attached hydrogens (primary N) is 1. The number of thiazole rings is 1. The van der Waals surface area contributed by atoms with Crippen molar-refractivity contribution in [2.75, 3.05) is 6.54 Å². The van der Waals surface area contributed by atoms with Crippen molar-refractivity contribution in [3.8, 4) is 0 Å². The summed E-state index contributed by atoms with van der Waals surface area (Å²) in [7, 11) is 0. The van der Waals surface area contributed by atoms with E-state index in [2.05, 4.69) is 41.8 Å². The molecule has 1 aromatic heterocycles. The Morgan fingerprint density at radius 2 is 2.32 bits per heavy atom. The van der Waals surface area contributed by atoms with Crippen LogP contribution in [0.25, 0.3) is 0 Å². The van der Waals surface area contributed by atoms with Crippen molar-refractivity contribution < 1.29 is 5.11 Å². The molecular formula is C12H15Br2N3OS. The molecule has 0 aliphatic heterocycles. The van der Waals surface area contributed by atoms with Crippen LogP contribution >= 0.6 is 43.2 Å². The fourth-order valence-electron chi connectivity index (χ4n) is 1.59. The van der Waals surface area contributed by atoms with Crippen LogP contribution in [-0.4, -0.2) is 22.8 Å². The molecule has 0 saturated heterocycles. The summed E-state index contributed by atoms with van der Waals surface area (Å²) >= 11 is 8.02. The number of aliphatic hydroxyl groups excluding tert-OH is 1. The van der Waals surface area contributed by atoms with Gasteiger partial charge in [-0.3, -0.25) is 4.99 Å². The Kier molecular flexibility index (Phi) is 5.16. The van der Waals surface area contributed by atoms with Crippen molar-refractivity contribution in [1.29, 1.82) is 0 Å². The molecule has 2 rings (SSSR count). The minimum absolute atomic E-state index is 0.573. The zero-order valence-electron chi connectivity index (χ0n) is 10.4. The second-order valence-corrected chi connectivity index (χ2v) is 7.66. The lowest BCUT2D eigenvalue weighted by molar-refractivity contribution is 0.224. The Balaban J connectivity index is 2.16. The van der Waals surface area contributed by atoms with E-state index in [-0.39, 0.29) is 0 Å². The van der Waals surface area contributed by atoms with Gasteiger partial charge in [-0.25, -0.2) is 4.98 Å². The monoisotopic (exact) mass is 407 g/mol. The predicted molar refractivity (Wildman–Crippen MR) is 85.4 cm³/mol. The molecule has 1 fully saturated rings. The van der Waals surface area contributed by atoms with Gasteiger partial charge in [-0.1, -0.05) is 0 Å². The van der Waals surface area contributed by atoms with Gasteiger partial charge in [0, 0.05) is 24.0 Å². The molecule has 1 unspecified atom stereocenters. The first-order valence-electron chi connectivity index (χ1n) is 5.95. The summed E-state index contributed by atoms with van der Waals surface area (Å²) in [6.45, 7) is 2.59. The Labute approximate surface area is 133 Å². The van der Waals surface area contributed by atoms with Gasteiger partial charge in [0.05, 0.1) is 4.88 Å². The Morgan fingerprint density at radius 3 is 2.79 bits per heavy atom. The summed E-state index contributed by atoms with van der Waals surface area (Å²) in [5, 5.41) is 10.4. The van der Waals surface area contributed by atoms with Crippen molar-refractivity contribution in [2.24, 2.45) is 16.6 Å². The molecule has 1 aliphatic rings. The number of hydrogen-bond donors (Lipinski definition) is 2. The first kappa shape index (κ1) is 15.2. The molecule has 1 aromatic rings. The van der Waals surface area contributed by atoms with Crippen LogP contribution in [-0.2, 0) is 0 Å². The quantitative estimate of drug-likeness (QED) is 0.733. The highest BCUT2D eigenvalue weighted by atomic mass is 79.9. The average Bonchev–Trinajstić information content (AvgIpc) is 3.08. The third kappa shape index (κ3) is 4.11. The smallest absolute Gasteiger partial charge is 0.160 e. The van der Waals surface area contributed by atoms with Crippen molar-refractivity contribution in [1.82, 2.24) is 4.98 Å². The van der Waals surface area contributed by atoms with Crippen LogP contribution in [0.15, 0.2) is 24.8 Å². The first-order valence-corrected chi connectivity index (χ1v) is 8.35. The molecule has 1 saturated carbocycles. The van der Waals surface area contributed by atoms with Gasteiger partial charge in [0.1, 0.15) is 10.7 Å². The highest BCUT2D eigenvalue weighted by Gasteiger charge is 2.22. The Morgan fingerprint density at radius 1 is 1.63 bits per heavy atom. The molecule has 7 heteroatoms. The average molecular weight is 409 g/mol. The lowest BCUT2D eigenvalue weighted by Gasteiger charge is -2.11. The van der Waals surface area contributed by atoms with Crippen LogP contribution in [0.1, 0.15) is 30.7 Å². The molecule has 0 radical (unpaired) electrons. The Bertz CT molecular complexity index is 519. The summed E-state index contributed by atoms with van der Waals surface area (Å²) in [4.78, 5) is 9.28. The molecule has 0 spiro atoms. The zero-order valence-corrected chi connectivity index (χ0v) is 14.4. The first-order chi connectivity index (χ1) is 8.99. The minimum Gasteiger partial charge on any atom is -0.402 e. The number of aliphatic imine (C=N–C) groups is 1. The van der Waals surface area contributed by atoms with E-state index >= 15 is 0 Å². The third-order valence-corrected chi connectivity index (χ3v) is 5.30. The van der Waals surface area contributed by atoms with Crippen LogP contribution < -0.4 is 5.73 Å². The molecule has 0 bridgehead atoms.